The molecule has 7 heteroatoms. The summed E-state index contributed by atoms with van der Waals surface area (Å²) in [5.41, 5.74) is 1.45. The van der Waals surface area contributed by atoms with Crippen LogP contribution in [0.4, 0.5) is 0 Å². The molecule has 1 aliphatic carbocycles. The van der Waals surface area contributed by atoms with Gasteiger partial charge in [-0.1, -0.05) is 24.3 Å². The Labute approximate surface area is 147 Å². The van der Waals surface area contributed by atoms with Gasteiger partial charge in [-0.05, 0) is 42.9 Å². The van der Waals surface area contributed by atoms with E-state index in [2.05, 4.69) is 9.71 Å². The number of rotatable bonds is 6. The number of methoxy groups -OCH3 is 1. The maximum absolute atomic E-state index is 12.9. The summed E-state index contributed by atoms with van der Waals surface area (Å²) in [7, 11) is -2.15. The van der Waals surface area contributed by atoms with E-state index in [0.29, 0.717) is 24.3 Å². The minimum absolute atomic E-state index is 0.0315. The van der Waals surface area contributed by atoms with Crippen LogP contribution in [0.2, 0.25) is 0 Å². The van der Waals surface area contributed by atoms with Gasteiger partial charge in [-0.15, -0.1) is 0 Å². The lowest BCUT2D eigenvalue weighted by Gasteiger charge is -2.38. The molecule has 0 aliphatic heterocycles. The quantitative estimate of drug-likeness (QED) is 0.822. The van der Waals surface area contributed by atoms with E-state index in [9.17, 15) is 13.5 Å². The van der Waals surface area contributed by atoms with Crippen molar-refractivity contribution in [3.05, 3.63) is 53.7 Å². The highest BCUT2D eigenvalue weighted by molar-refractivity contribution is 7.89. The zero-order valence-electron chi connectivity index (χ0n) is 14.2. The van der Waals surface area contributed by atoms with Crippen LogP contribution in [0.1, 0.15) is 30.0 Å². The molecule has 0 amide bonds. The Bertz CT molecular complexity index is 830. The van der Waals surface area contributed by atoms with Crippen molar-refractivity contribution in [2.45, 2.75) is 36.8 Å². The van der Waals surface area contributed by atoms with Crippen LogP contribution in [0, 0.1) is 12.8 Å². The van der Waals surface area contributed by atoms with Crippen molar-refractivity contribution in [1.82, 2.24) is 9.71 Å². The number of aromatic nitrogens is 1. The summed E-state index contributed by atoms with van der Waals surface area (Å²) < 4.78 is 33.6. The number of benzene rings is 1. The monoisotopic (exact) mass is 362 g/mol. The molecule has 2 aromatic rings. The SMILES string of the molecule is COc1ccc([C@@H](NS(=O)(=O)c2ccccc2C)C2CC(O)C2)cn1. The molecular formula is C18H22N2O4S. The highest BCUT2D eigenvalue weighted by atomic mass is 32.2. The molecule has 6 nitrogen and oxygen atoms in total. The topological polar surface area (TPSA) is 88.5 Å². The minimum atomic E-state index is -3.68. The first-order valence-corrected chi connectivity index (χ1v) is 9.65. The fourth-order valence-electron chi connectivity index (χ4n) is 3.12. The summed E-state index contributed by atoms with van der Waals surface area (Å²) in [6.07, 6.45) is 2.37. The van der Waals surface area contributed by atoms with Crippen LogP contribution in [0.3, 0.4) is 0 Å². The molecule has 0 saturated heterocycles. The number of aryl methyl sites for hydroxylation is 1. The van der Waals surface area contributed by atoms with Crippen LogP contribution in [0.15, 0.2) is 47.5 Å². The van der Waals surface area contributed by atoms with Crippen molar-refractivity contribution in [2.24, 2.45) is 5.92 Å². The number of nitrogens with zero attached hydrogens (tertiary/aromatic N) is 1. The molecule has 1 aliphatic rings. The lowest BCUT2D eigenvalue weighted by atomic mass is 9.76. The predicted molar refractivity (Wildman–Crippen MR) is 93.8 cm³/mol. The van der Waals surface area contributed by atoms with Gasteiger partial charge in [0.1, 0.15) is 0 Å². The predicted octanol–water partition coefficient (Wildman–Crippen LogP) is 2.19. The Hall–Kier alpha value is -1.96. The van der Waals surface area contributed by atoms with Crippen LogP contribution in [-0.2, 0) is 10.0 Å². The van der Waals surface area contributed by atoms with Gasteiger partial charge >= 0.3 is 0 Å². The summed E-state index contributed by atoms with van der Waals surface area (Å²) in [5, 5.41) is 9.64. The molecule has 0 spiro atoms. The maximum atomic E-state index is 12.9. The van der Waals surface area contributed by atoms with Gasteiger partial charge in [-0.25, -0.2) is 18.1 Å². The Balaban J connectivity index is 1.91. The Morgan fingerprint density at radius 2 is 1.96 bits per heavy atom. The van der Waals surface area contributed by atoms with Crippen LogP contribution in [0.25, 0.3) is 0 Å². The molecule has 25 heavy (non-hydrogen) atoms. The number of ether oxygens (including phenoxy) is 1. The van der Waals surface area contributed by atoms with E-state index < -0.39 is 16.1 Å². The number of aliphatic hydroxyl groups is 1. The summed E-state index contributed by atoms with van der Waals surface area (Å²) in [5.74, 6) is 0.502. The van der Waals surface area contributed by atoms with Gasteiger partial charge in [0.05, 0.1) is 24.2 Å². The van der Waals surface area contributed by atoms with Crippen LogP contribution < -0.4 is 9.46 Å². The van der Waals surface area contributed by atoms with Gasteiger partial charge in [-0.3, -0.25) is 0 Å². The van der Waals surface area contributed by atoms with Gasteiger partial charge < -0.3 is 9.84 Å². The molecule has 3 rings (SSSR count). The zero-order chi connectivity index (χ0) is 18.0. The largest absolute Gasteiger partial charge is 0.481 e. The number of hydrogen-bond donors (Lipinski definition) is 2. The van der Waals surface area contributed by atoms with Gasteiger partial charge in [0.2, 0.25) is 15.9 Å². The summed E-state index contributed by atoms with van der Waals surface area (Å²) >= 11 is 0. The highest BCUT2D eigenvalue weighted by Crippen LogP contribution is 2.39. The molecular weight excluding hydrogens is 340 g/mol. The average molecular weight is 362 g/mol. The molecule has 134 valence electrons. The lowest BCUT2D eigenvalue weighted by Crippen LogP contribution is -2.41. The van der Waals surface area contributed by atoms with Crippen LogP contribution >= 0.6 is 0 Å². The summed E-state index contributed by atoms with van der Waals surface area (Å²) in [4.78, 5) is 4.44. The van der Waals surface area contributed by atoms with Gasteiger partial charge in [0, 0.05) is 12.3 Å². The molecule has 2 N–H and O–H groups in total. The first-order valence-electron chi connectivity index (χ1n) is 8.16. The smallest absolute Gasteiger partial charge is 0.241 e. The minimum Gasteiger partial charge on any atom is -0.481 e. The van der Waals surface area contributed by atoms with Crippen molar-refractivity contribution < 1.29 is 18.3 Å². The van der Waals surface area contributed by atoms with E-state index in [4.69, 9.17) is 4.74 Å². The number of pyridine rings is 1. The molecule has 1 heterocycles. The van der Waals surface area contributed by atoms with Crippen molar-refractivity contribution >= 4 is 10.0 Å². The van der Waals surface area contributed by atoms with E-state index in [1.807, 2.05) is 12.1 Å². The molecule has 0 unspecified atom stereocenters. The van der Waals surface area contributed by atoms with Gasteiger partial charge in [-0.2, -0.15) is 0 Å². The van der Waals surface area contributed by atoms with Crippen molar-refractivity contribution in [2.75, 3.05) is 7.11 Å². The highest BCUT2D eigenvalue weighted by Gasteiger charge is 2.37. The van der Waals surface area contributed by atoms with E-state index >= 15 is 0 Å². The second-order valence-electron chi connectivity index (χ2n) is 6.38. The summed E-state index contributed by atoms with van der Waals surface area (Å²) in [6, 6.07) is 9.95. The van der Waals surface area contributed by atoms with Gasteiger partial charge in [0.15, 0.2) is 0 Å². The van der Waals surface area contributed by atoms with E-state index in [1.165, 1.54) is 7.11 Å². The molecule has 1 atom stereocenters. The maximum Gasteiger partial charge on any atom is 0.241 e. The number of aliphatic hydroxyl groups excluding tert-OH is 1. The molecule has 1 aromatic carbocycles. The second kappa shape index (κ2) is 7.11. The normalized spacial score (nSPS) is 21.4. The first kappa shape index (κ1) is 17.8. The summed E-state index contributed by atoms with van der Waals surface area (Å²) in [6.45, 7) is 1.77. The van der Waals surface area contributed by atoms with Crippen molar-refractivity contribution in [3.63, 3.8) is 0 Å². The van der Waals surface area contributed by atoms with Crippen molar-refractivity contribution in [3.8, 4) is 5.88 Å². The number of nitrogens with one attached hydrogen (secondary N) is 1. The zero-order valence-corrected chi connectivity index (χ0v) is 15.0. The first-order chi connectivity index (χ1) is 11.9. The molecule has 0 bridgehead atoms. The lowest BCUT2D eigenvalue weighted by molar-refractivity contribution is 0.0279. The van der Waals surface area contributed by atoms with E-state index in [1.54, 1.807) is 37.4 Å². The molecule has 0 radical (unpaired) electrons. The Morgan fingerprint density at radius 1 is 1.24 bits per heavy atom. The third-order valence-electron chi connectivity index (χ3n) is 4.61. The number of hydrogen-bond acceptors (Lipinski definition) is 5. The van der Waals surface area contributed by atoms with E-state index in [0.717, 1.165) is 5.56 Å². The van der Waals surface area contributed by atoms with Gasteiger partial charge in [0.25, 0.3) is 0 Å². The Morgan fingerprint density at radius 3 is 2.52 bits per heavy atom. The fourth-order valence-corrected chi connectivity index (χ4v) is 4.66. The molecule has 1 fully saturated rings. The third-order valence-corrected chi connectivity index (χ3v) is 6.22. The number of sulfonamides is 1. The molecule has 1 aromatic heterocycles. The second-order valence-corrected chi connectivity index (χ2v) is 8.07. The standard InChI is InChI=1S/C18H22N2O4S/c1-12-5-3-4-6-16(12)25(22,23)20-18(14-9-15(21)10-14)13-7-8-17(24-2)19-11-13/h3-8,11,14-15,18,20-21H,9-10H2,1-2H3/t14?,15?,18-/m1/s1. The van der Waals surface area contributed by atoms with Crippen molar-refractivity contribution in [1.29, 1.82) is 0 Å². The third kappa shape index (κ3) is 3.84. The average Bonchev–Trinajstić information content (AvgIpc) is 2.57. The van der Waals surface area contributed by atoms with Crippen LogP contribution in [-0.4, -0.2) is 31.7 Å². The fraction of sp³-hybridized carbons (Fsp3) is 0.389. The van der Waals surface area contributed by atoms with Crippen LogP contribution in [0.5, 0.6) is 5.88 Å². The van der Waals surface area contributed by atoms with E-state index in [-0.39, 0.29) is 16.9 Å². The Kier molecular flexibility index (Phi) is 5.08. The molecule has 1 saturated carbocycles.